The summed E-state index contributed by atoms with van der Waals surface area (Å²) in [5.41, 5.74) is 9.79. The average molecular weight is 415 g/mol. The molecular formula is C20H19FN4OS2. The van der Waals surface area contributed by atoms with Gasteiger partial charge in [0.2, 0.25) is 5.91 Å². The lowest BCUT2D eigenvalue weighted by Crippen LogP contribution is -2.44. The van der Waals surface area contributed by atoms with Crippen molar-refractivity contribution in [3.63, 3.8) is 0 Å². The second-order valence-electron chi connectivity index (χ2n) is 6.33. The minimum absolute atomic E-state index is 0.108. The molecule has 0 unspecified atom stereocenters. The first-order valence-electron chi connectivity index (χ1n) is 8.53. The Balaban J connectivity index is 1.50. The molecule has 0 saturated carbocycles. The highest BCUT2D eigenvalue weighted by Gasteiger charge is 2.10. The Kier molecular flexibility index (Phi) is 6.33. The summed E-state index contributed by atoms with van der Waals surface area (Å²) in [6.07, 6.45) is 0.108. The Bertz CT molecular complexity index is 981. The predicted octanol–water partition coefficient (Wildman–Crippen LogP) is 4.13. The third kappa shape index (κ3) is 5.58. The van der Waals surface area contributed by atoms with E-state index in [2.05, 4.69) is 27.2 Å². The second kappa shape index (κ2) is 8.90. The van der Waals surface area contributed by atoms with Crippen molar-refractivity contribution in [2.24, 2.45) is 0 Å². The van der Waals surface area contributed by atoms with E-state index in [-0.39, 0.29) is 18.1 Å². The molecule has 0 aliphatic carbocycles. The van der Waals surface area contributed by atoms with Crippen LogP contribution in [-0.4, -0.2) is 16.0 Å². The van der Waals surface area contributed by atoms with E-state index < -0.39 is 0 Å². The van der Waals surface area contributed by atoms with E-state index in [1.54, 1.807) is 12.1 Å². The number of anilines is 1. The Morgan fingerprint density at radius 1 is 1.11 bits per heavy atom. The van der Waals surface area contributed by atoms with Gasteiger partial charge < -0.3 is 5.32 Å². The van der Waals surface area contributed by atoms with Crippen LogP contribution in [0.25, 0.3) is 10.6 Å². The van der Waals surface area contributed by atoms with Crippen LogP contribution >= 0.6 is 23.6 Å². The van der Waals surface area contributed by atoms with Crippen molar-refractivity contribution in [1.29, 1.82) is 0 Å². The minimum atomic E-state index is -0.295. The molecule has 2 aromatic carbocycles. The minimum Gasteiger partial charge on any atom is -0.331 e. The molecule has 0 atom stereocenters. The summed E-state index contributed by atoms with van der Waals surface area (Å²) in [5, 5.41) is 5.88. The maximum atomic E-state index is 13.0. The number of carbonyl (C=O) groups excluding carboxylic acids is 1. The molecule has 3 N–H and O–H groups in total. The van der Waals surface area contributed by atoms with Gasteiger partial charge in [-0.1, -0.05) is 6.07 Å². The molecule has 144 valence electrons. The highest BCUT2D eigenvalue weighted by Crippen LogP contribution is 2.24. The van der Waals surface area contributed by atoms with Crippen LogP contribution in [0, 0.1) is 19.7 Å². The molecule has 3 aromatic rings. The maximum absolute atomic E-state index is 13.0. The number of aryl methyl sites for hydroxylation is 2. The molecule has 0 bridgehead atoms. The molecular weight excluding hydrogens is 395 g/mol. The van der Waals surface area contributed by atoms with E-state index in [9.17, 15) is 9.18 Å². The van der Waals surface area contributed by atoms with Gasteiger partial charge in [0.05, 0.1) is 12.1 Å². The van der Waals surface area contributed by atoms with Gasteiger partial charge in [0, 0.05) is 16.6 Å². The molecule has 1 heterocycles. The van der Waals surface area contributed by atoms with Crippen LogP contribution in [0.4, 0.5) is 10.1 Å². The summed E-state index contributed by atoms with van der Waals surface area (Å²) in [7, 11) is 0. The van der Waals surface area contributed by atoms with Crippen LogP contribution in [0.1, 0.15) is 16.8 Å². The van der Waals surface area contributed by atoms with Gasteiger partial charge in [0.25, 0.3) is 0 Å². The molecule has 0 aliphatic rings. The van der Waals surface area contributed by atoms with Crippen LogP contribution in [0.3, 0.4) is 0 Å². The average Bonchev–Trinajstić information content (AvgIpc) is 3.08. The number of halogens is 1. The van der Waals surface area contributed by atoms with Gasteiger partial charge in [-0.15, -0.1) is 11.3 Å². The normalized spacial score (nSPS) is 10.4. The third-order valence-corrected chi connectivity index (χ3v) is 4.92. The molecule has 1 amide bonds. The largest absolute Gasteiger partial charge is 0.331 e. The van der Waals surface area contributed by atoms with Crippen molar-refractivity contribution >= 4 is 40.3 Å². The number of carbonyl (C=O) groups is 1. The Morgan fingerprint density at radius 3 is 2.46 bits per heavy atom. The highest BCUT2D eigenvalue weighted by atomic mass is 32.1. The first-order valence-corrected chi connectivity index (χ1v) is 9.82. The maximum Gasteiger partial charge on any atom is 0.244 e. The first-order chi connectivity index (χ1) is 13.4. The smallest absolute Gasteiger partial charge is 0.244 e. The number of thiocarbonyl (C=S) groups is 1. The molecule has 0 fully saturated rings. The molecule has 8 heteroatoms. The van der Waals surface area contributed by atoms with Gasteiger partial charge in [0.1, 0.15) is 10.8 Å². The Labute approximate surface area is 172 Å². The standard InChI is InChI=1S/C20H19FN4OS2/c1-12-7-13(2)9-16(8-12)23-20(27)25-24-18(26)10-17-11-28-19(22-17)14-3-5-15(21)6-4-14/h3-9,11H,10H2,1-2H3,(H,24,26)(H2,23,25,27). The van der Waals surface area contributed by atoms with E-state index in [1.165, 1.54) is 23.5 Å². The predicted molar refractivity (Wildman–Crippen MR) is 115 cm³/mol. The summed E-state index contributed by atoms with van der Waals surface area (Å²) in [4.78, 5) is 16.5. The number of rotatable bonds is 4. The van der Waals surface area contributed by atoms with Gasteiger partial charge >= 0.3 is 0 Å². The molecule has 0 saturated heterocycles. The molecule has 3 rings (SSSR count). The second-order valence-corrected chi connectivity index (χ2v) is 7.60. The van der Waals surface area contributed by atoms with Gasteiger partial charge in [-0.25, -0.2) is 9.37 Å². The number of nitrogens with one attached hydrogen (secondary N) is 3. The highest BCUT2D eigenvalue weighted by molar-refractivity contribution is 7.80. The van der Waals surface area contributed by atoms with E-state index >= 15 is 0 Å². The molecule has 1 aromatic heterocycles. The van der Waals surface area contributed by atoms with Crippen molar-refractivity contribution < 1.29 is 9.18 Å². The van der Waals surface area contributed by atoms with Gasteiger partial charge in [-0.05, 0) is 73.6 Å². The Morgan fingerprint density at radius 2 is 1.79 bits per heavy atom. The summed E-state index contributed by atoms with van der Waals surface area (Å²) < 4.78 is 13.0. The lowest BCUT2D eigenvalue weighted by molar-refractivity contribution is -0.121. The van der Waals surface area contributed by atoms with Crippen molar-refractivity contribution in [3.05, 3.63) is 70.5 Å². The summed E-state index contributed by atoms with van der Waals surface area (Å²) in [6, 6.07) is 12.1. The number of hydrazine groups is 1. The zero-order valence-corrected chi connectivity index (χ0v) is 17.0. The first kappa shape index (κ1) is 19.9. The Hall–Kier alpha value is -2.84. The van der Waals surface area contributed by atoms with E-state index in [0.717, 1.165) is 27.4 Å². The number of benzene rings is 2. The SMILES string of the molecule is Cc1cc(C)cc(NC(=S)NNC(=O)Cc2csc(-c3ccc(F)cc3)n2)c1. The van der Waals surface area contributed by atoms with Gasteiger partial charge in [-0.2, -0.15) is 0 Å². The van der Waals surface area contributed by atoms with Crippen LogP contribution < -0.4 is 16.2 Å². The lowest BCUT2D eigenvalue weighted by Gasteiger charge is -2.12. The molecule has 28 heavy (non-hydrogen) atoms. The fourth-order valence-corrected chi connectivity index (χ4v) is 3.65. The molecule has 0 radical (unpaired) electrons. The molecule has 0 aliphatic heterocycles. The summed E-state index contributed by atoms with van der Waals surface area (Å²) in [5.74, 6) is -0.558. The van der Waals surface area contributed by atoms with Crippen molar-refractivity contribution in [2.45, 2.75) is 20.3 Å². The fourth-order valence-electron chi connectivity index (χ4n) is 2.66. The van der Waals surface area contributed by atoms with Crippen LogP contribution in [0.15, 0.2) is 47.8 Å². The van der Waals surface area contributed by atoms with E-state index in [0.29, 0.717) is 10.8 Å². The van der Waals surface area contributed by atoms with Crippen LogP contribution in [-0.2, 0) is 11.2 Å². The topological polar surface area (TPSA) is 66.0 Å². The number of hydrogen-bond donors (Lipinski definition) is 3. The number of amides is 1. The van der Waals surface area contributed by atoms with E-state index in [1.807, 2.05) is 31.4 Å². The monoisotopic (exact) mass is 414 g/mol. The zero-order valence-electron chi connectivity index (χ0n) is 15.4. The summed E-state index contributed by atoms with van der Waals surface area (Å²) in [6.45, 7) is 4.01. The quantitative estimate of drug-likeness (QED) is 0.443. The van der Waals surface area contributed by atoms with Crippen LogP contribution in [0.5, 0.6) is 0 Å². The van der Waals surface area contributed by atoms with Gasteiger partial charge in [0.15, 0.2) is 5.11 Å². The van der Waals surface area contributed by atoms with Crippen molar-refractivity contribution in [3.8, 4) is 10.6 Å². The van der Waals surface area contributed by atoms with Crippen molar-refractivity contribution in [1.82, 2.24) is 15.8 Å². The third-order valence-electron chi connectivity index (χ3n) is 3.78. The van der Waals surface area contributed by atoms with Crippen LogP contribution in [0.2, 0.25) is 0 Å². The van der Waals surface area contributed by atoms with Crippen molar-refractivity contribution in [2.75, 3.05) is 5.32 Å². The number of nitrogens with zero attached hydrogens (tertiary/aromatic N) is 1. The summed E-state index contributed by atoms with van der Waals surface area (Å²) >= 11 is 6.61. The van der Waals surface area contributed by atoms with Gasteiger partial charge in [-0.3, -0.25) is 15.6 Å². The molecule has 0 spiro atoms. The molecule has 5 nitrogen and oxygen atoms in total. The number of hydrogen-bond acceptors (Lipinski definition) is 4. The number of thiazole rings is 1. The lowest BCUT2D eigenvalue weighted by atomic mass is 10.1. The van der Waals surface area contributed by atoms with E-state index in [4.69, 9.17) is 12.2 Å². The fraction of sp³-hybridized carbons (Fsp3) is 0.150. The number of aromatic nitrogens is 1. The zero-order chi connectivity index (χ0) is 20.1.